The number of benzene rings is 1. The summed E-state index contributed by atoms with van der Waals surface area (Å²) in [4.78, 5) is 15.0. The maximum Gasteiger partial charge on any atom is 0.341 e. The number of aromatic nitrogens is 1. The smallest absolute Gasteiger partial charge is 0.341 e. The molecule has 98 valence electrons. The van der Waals surface area contributed by atoms with Crippen molar-refractivity contribution >= 4 is 23.3 Å². The summed E-state index contributed by atoms with van der Waals surface area (Å²) in [6.07, 6.45) is 1.33. The second kappa shape index (κ2) is 5.16. The molecule has 0 bridgehead atoms. The van der Waals surface area contributed by atoms with Crippen LogP contribution in [0.1, 0.15) is 15.9 Å². The van der Waals surface area contributed by atoms with Crippen molar-refractivity contribution in [2.45, 2.75) is 6.92 Å². The zero-order chi connectivity index (χ0) is 14.0. The van der Waals surface area contributed by atoms with Crippen LogP contribution in [-0.4, -0.2) is 16.1 Å². The van der Waals surface area contributed by atoms with Crippen LogP contribution >= 0.6 is 11.6 Å². The van der Waals surface area contributed by atoms with Crippen molar-refractivity contribution in [1.82, 2.24) is 4.98 Å². The van der Waals surface area contributed by atoms with Crippen LogP contribution < -0.4 is 10.5 Å². The molecule has 1 aromatic carbocycles. The van der Waals surface area contributed by atoms with Gasteiger partial charge < -0.3 is 15.6 Å². The van der Waals surface area contributed by atoms with E-state index in [1.54, 1.807) is 18.2 Å². The molecule has 0 atom stereocenters. The van der Waals surface area contributed by atoms with Crippen LogP contribution in [0.15, 0.2) is 30.5 Å². The van der Waals surface area contributed by atoms with E-state index >= 15 is 0 Å². The molecule has 0 fully saturated rings. The van der Waals surface area contributed by atoms with Crippen LogP contribution in [0.2, 0.25) is 5.02 Å². The number of halogens is 1. The molecule has 19 heavy (non-hydrogen) atoms. The van der Waals surface area contributed by atoms with E-state index in [1.165, 1.54) is 12.3 Å². The first-order valence-corrected chi connectivity index (χ1v) is 5.78. The molecule has 2 aromatic rings. The molecule has 0 saturated carbocycles. The molecular formula is C13H11ClN2O3. The van der Waals surface area contributed by atoms with Crippen LogP contribution in [0.5, 0.6) is 11.6 Å². The molecule has 0 aliphatic carbocycles. The number of aromatic carboxylic acids is 1. The van der Waals surface area contributed by atoms with E-state index in [0.29, 0.717) is 10.8 Å². The number of hydrogen-bond donors (Lipinski definition) is 2. The molecule has 0 amide bonds. The third-order valence-electron chi connectivity index (χ3n) is 2.46. The molecule has 0 aliphatic heterocycles. The minimum atomic E-state index is -1.16. The molecule has 3 N–H and O–H groups in total. The molecule has 1 heterocycles. The van der Waals surface area contributed by atoms with Crippen LogP contribution in [0, 0.1) is 6.92 Å². The van der Waals surface area contributed by atoms with Crippen molar-refractivity contribution in [2.24, 2.45) is 0 Å². The third-order valence-corrected chi connectivity index (χ3v) is 2.69. The Bertz CT molecular complexity index is 644. The zero-order valence-corrected chi connectivity index (χ0v) is 10.8. The van der Waals surface area contributed by atoms with Gasteiger partial charge in [-0.15, -0.1) is 0 Å². The Kier molecular flexibility index (Phi) is 3.57. The highest BCUT2D eigenvalue weighted by Crippen LogP contribution is 2.29. The van der Waals surface area contributed by atoms with Crippen LogP contribution in [-0.2, 0) is 0 Å². The van der Waals surface area contributed by atoms with Gasteiger partial charge in [-0.1, -0.05) is 17.7 Å². The number of carbonyl (C=O) groups is 1. The first-order valence-electron chi connectivity index (χ1n) is 5.40. The number of carboxylic acid groups (broad SMARTS) is 1. The zero-order valence-electron chi connectivity index (χ0n) is 10.1. The number of hydrogen-bond acceptors (Lipinski definition) is 4. The van der Waals surface area contributed by atoms with Gasteiger partial charge in [0.15, 0.2) is 0 Å². The maximum atomic E-state index is 11.1. The fraction of sp³-hybridized carbons (Fsp3) is 0.0769. The number of anilines is 1. The van der Waals surface area contributed by atoms with E-state index in [4.69, 9.17) is 27.2 Å². The maximum absolute atomic E-state index is 11.1. The lowest BCUT2D eigenvalue weighted by Gasteiger charge is -2.10. The van der Waals surface area contributed by atoms with Crippen molar-refractivity contribution in [2.75, 3.05) is 5.73 Å². The van der Waals surface area contributed by atoms with Crippen LogP contribution in [0.3, 0.4) is 0 Å². The Hall–Kier alpha value is -2.27. The summed E-state index contributed by atoms with van der Waals surface area (Å²) in [5.41, 5.74) is 6.49. The number of nitrogens with zero attached hydrogens (tertiary/aromatic N) is 1. The molecular weight excluding hydrogens is 268 g/mol. The van der Waals surface area contributed by atoms with Gasteiger partial charge in [-0.05, 0) is 30.7 Å². The monoisotopic (exact) mass is 278 g/mol. The van der Waals surface area contributed by atoms with Crippen molar-refractivity contribution in [3.8, 4) is 11.6 Å². The average molecular weight is 279 g/mol. The summed E-state index contributed by atoms with van der Waals surface area (Å²) in [6, 6.07) is 6.39. The third kappa shape index (κ3) is 2.95. The van der Waals surface area contributed by atoms with Gasteiger partial charge in [0.25, 0.3) is 0 Å². The van der Waals surface area contributed by atoms with E-state index in [0.717, 1.165) is 5.56 Å². The Morgan fingerprint density at radius 1 is 1.42 bits per heavy atom. The minimum Gasteiger partial charge on any atom is -0.477 e. The minimum absolute atomic E-state index is 0.0212. The van der Waals surface area contributed by atoms with Gasteiger partial charge in [0, 0.05) is 5.02 Å². The predicted octanol–water partition coefficient (Wildman–Crippen LogP) is 3.12. The summed E-state index contributed by atoms with van der Waals surface area (Å²) in [6.45, 7) is 1.82. The fourth-order valence-electron chi connectivity index (χ4n) is 1.49. The first kappa shape index (κ1) is 13.2. The highest BCUT2D eigenvalue weighted by Gasteiger charge is 2.15. The summed E-state index contributed by atoms with van der Waals surface area (Å²) >= 11 is 5.87. The van der Waals surface area contributed by atoms with Crippen molar-refractivity contribution in [3.63, 3.8) is 0 Å². The second-order valence-corrected chi connectivity index (χ2v) is 4.37. The Morgan fingerprint density at radius 2 is 2.16 bits per heavy atom. The van der Waals surface area contributed by atoms with E-state index in [1.807, 2.05) is 6.92 Å². The van der Waals surface area contributed by atoms with E-state index < -0.39 is 5.97 Å². The Labute approximate surface area is 114 Å². The van der Waals surface area contributed by atoms with Gasteiger partial charge in [-0.3, -0.25) is 0 Å². The quantitative estimate of drug-likeness (QED) is 0.901. The van der Waals surface area contributed by atoms with Gasteiger partial charge in [0.05, 0.1) is 11.9 Å². The van der Waals surface area contributed by atoms with E-state index in [2.05, 4.69) is 4.98 Å². The molecule has 0 aliphatic rings. The Balaban J connectivity index is 2.43. The number of ether oxygens (including phenoxy) is 1. The molecule has 5 nitrogen and oxygen atoms in total. The lowest BCUT2D eigenvalue weighted by molar-refractivity contribution is 0.0693. The van der Waals surface area contributed by atoms with Gasteiger partial charge in [0.1, 0.15) is 11.3 Å². The number of aryl methyl sites for hydroxylation is 1. The van der Waals surface area contributed by atoms with Crippen molar-refractivity contribution < 1.29 is 14.6 Å². The molecule has 0 unspecified atom stereocenters. The molecule has 0 saturated heterocycles. The first-order chi connectivity index (χ1) is 8.97. The number of nitrogen functional groups attached to an aromatic ring is 1. The second-order valence-electron chi connectivity index (χ2n) is 3.94. The van der Waals surface area contributed by atoms with Gasteiger partial charge in [0.2, 0.25) is 5.88 Å². The normalized spacial score (nSPS) is 10.2. The summed E-state index contributed by atoms with van der Waals surface area (Å²) in [7, 11) is 0. The van der Waals surface area contributed by atoms with Crippen molar-refractivity contribution in [3.05, 3.63) is 46.6 Å². The van der Waals surface area contributed by atoms with Gasteiger partial charge in [-0.2, -0.15) is 0 Å². The highest BCUT2D eigenvalue weighted by atomic mass is 35.5. The number of rotatable bonds is 3. The molecule has 2 rings (SSSR count). The average Bonchev–Trinajstić information content (AvgIpc) is 2.35. The fourth-order valence-corrected chi connectivity index (χ4v) is 1.65. The number of carboxylic acids is 1. The van der Waals surface area contributed by atoms with Crippen molar-refractivity contribution in [1.29, 1.82) is 0 Å². The standard InChI is InChI=1S/C13H11ClN2O3/c1-7-2-3-8(14)4-11(7)19-12-10(13(17)18)5-9(15)6-16-12/h2-6H,15H2,1H3,(H,17,18). The SMILES string of the molecule is Cc1ccc(Cl)cc1Oc1ncc(N)cc1C(=O)O. The largest absolute Gasteiger partial charge is 0.477 e. The Morgan fingerprint density at radius 3 is 2.84 bits per heavy atom. The predicted molar refractivity (Wildman–Crippen MR) is 71.9 cm³/mol. The number of pyridine rings is 1. The molecule has 6 heteroatoms. The molecule has 0 spiro atoms. The lowest BCUT2D eigenvalue weighted by atomic mass is 10.2. The summed E-state index contributed by atoms with van der Waals surface area (Å²) in [5.74, 6) is -0.728. The van der Waals surface area contributed by atoms with E-state index in [9.17, 15) is 4.79 Å². The van der Waals surface area contributed by atoms with Gasteiger partial charge >= 0.3 is 5.97 Å². The summed E-state index contributed by atoms with van der Waals surface area (Å²) in [5, 5.41) is 9.58. The van der Waals surface area contributed by atoms with E-state index in [-0.39, 0.29) is 17.1 Å². The topological polar surface area (TPSA) is 85.4 Å². The van der Waals surface area contributed by atoms with Crippen LogP contribution in [0.25, 0.3) is 0 Å². The lowest BCUT2D eigenvalue weighted by Crippen LogP contribution is -2.04. The highest BCUT2D eigenvalue weighted by molar-refractivity contribution is 6.30. The van der Waals surface area contributed by atoms with Crippen LogP contribution in [0.4, 0.5) is 5.69 Å². The number of nitrogens with two attached hydrogens (primary N) is 1. The molecule has 1 aromatic heterocycles. The molecule has 0 radical (unpaired) electrons. The summed E-state index contributed by atoms with van der Waals surface area (Å²) < 4.78 is 5.51. The van der Waals surface area contributed by atoms with Gasteiger partial charge in [-0.25, -0.2) is 9.78 Å².